The van der Waals surface area contributed by atoms with E-state index < -0.39 is 5.60 Å². The Balaban J connectivity index is 3.01. The van der Waals surface area contributed by atoms with Crippen LogP contribution >= 0.6 is 0 Å². The molecule has 0 saturated carbocycles. The summed E-state index contributed by atoms with van der Waals surface area (Å²) in [6.45, 7) is 11.0. The van der Waals surface area contributed by atoms with Crippen LogP contribution in [0.2, 0.25) is 0 Å². The maximum Gasteiger partial charge on any atom is 0.233 e. The van der Waals surface area contributed by atoms with Crippen molar-refractivity contribution < 1.29 is 9.26 Å². The van der Waals surface area contributed by atoms with Crippen molar-refractivity contribution in [1.82, 2.24) is 10.1 Å². The van der Waals surface area contributed by atoms with Gasteiger partial charge < -0.3 is 15.0 Å². The summed E-state index contributed by atoms with van der Waals surface area (Å²) in [4.78, 5) is 4.43. The summed E-state index contributed by atoms with van der Waals surface area (Å²) in [5.74, 6) is 1.16. The van der Waals surface area contributed by atoms with Gasteiger partial charge in [-0.1, -0.05) is 12.1 Å². The fourth-order valence-electron chi connectivity index (χ4n) is 1.44. The van der Waals surface area contributed by atoms with E-state index in [0.717, 1.165) is 6.42 Å². The van der Waals surface area contributed by atoms with Crippen molar-refractivity contribution in [2.45, 2.75) is 52.1 Å². The highest BCUT2D eigenvalue weighted by Gasteiger charge is 2.34. The SMILES string of the molecule is CCOC(C)(CC)c1noc(C(C)(C)CN)n1. The first-order chi connectivity index (χ1) is 7.89. The van der Waals surface area contributed by atoms with E-state index in [0.29, 0.717) is 24.9 Å². The molecule has 1 rings (SSSR count). The van der Waals surface area contributed by atoms with Crippen molar-refractivity contribution in [3.05, 3.63) is 11.7 Å². The first-order valence-electron chi connectivity index (χ1n) is 6.08. The molecule has 1 atom stereocenters. The first-order valence-corrected chi connectivity index (χ1v) is 6.08. The van der Waals surface area contributed by atoms with Crippen molar-refractivity contribution >= 4 is 0 Å². The lowest BCUT2D eigenvalue weighted by molar-refractivity contribution is -0.0403. The minimum absolute atomic E-state index is 0.299. The van der Waals surface area contributed by atoms with E-state index >= 15 is 0 Å². The topological polar surface area (TPSA) is 74.2 Å². The van der Waals surface area contributed by atoms with E-state index in [-0.39, 0.29) is 5.41 Å². The predicted octanol–water partition coefficient (Wildman–Crippen LogP) is 1.97. The van der Waals surface area contributed by atoms with E-state index in [1.165, 1.54) is 0 Å². The van der Waals surface area contributed by atoms with Gasteiger partial charge in [0.25, 0.3) is 0 Å². The standard InChI is InChI=1S/C12H23N3O2/c1-6-12(5,16-7-2)9-14-10(17-15-9)11(3,4)8-13/h6-8,13H2,1-5H3. The quantitative estimate of drug-likeness (QED) is 0.824. The van der Waals surface area contributed by atoms with Gasteiger partial charge >= 0.3 is 0 Å². The van der Waals surface area contributed by atoms with Crippen LogP contribution in [0.5, 0.6) is 0 Å². The van der Waals surface area contributed by atoms with Crippen molar-refractivity contribution in [2.75, 3.05) is 13.2 Å². The molecule has 17 heavy (non-hydrogen) atoms. The maximum absolute atomic E-state index is 5.71. The van der Waals surface area contributed by atoms with E-state index in [1.54, 1.807) is 0 Å². The van der Waals surface area contributed by atoms with Gasteiger partial charge in [0, 0.05) is 13.2 Å². The molecular formula is C12H23N3O2. The Morgan fingerprint density at radius 1 is 1.29 bits per heavy atom. The summed E-state index contributed by atoms with van der Waals surface area (Å²) in [5.41, 5.74) is 4.90. The molecule has 1 aromatic rings. The zero-order chi connectivity index (χ0) is 13.1. The minimum Gasteiger partial charge on any atom is -0.367 e. The third-order valence-corrected chi connectivity index (χ3v) is 3.13. The number of nitrogens with two attached hydrogens (primary N) is 1. The molecule has 1 aromatic heterocycles. The number of hydrogen-bond acceptors (Lipinski definition) is 5. The lowest BCUT2D eigenvalue weighted by Crippen LogP contribution is -2.30. The maximum atomic E-state index is 5.71. The number of rotatable bonds is 6. The monoisotopic (exact) mass is 241 g/mol. The third-order valence-electron chi connectivity index (χ3n) is 3.13. The van der Waals surface area contributed by atoms with Gasteiger partial charge in [0.1, 0.15) is 5.60 Å². The van der Waals surface area contributed by atoms with Gasteiger partial charge in [-0.15, -0.1) is 0 Å². The van der Waals surface area contributed by atoms with Crippen LogP contribution in [-0.2, 0) is 15.8 Å². The third kappa shape index (κ3) is 2.84. The van der Waals surface area contributed by atoms with Crippen molar-refractivity contribution in [3.63, 3.8) is 0 Å². The van der Waals surface area contributed by atoms with Gasteiger partial charge in [-0.2, -0.15) is 4.98 Å². The molecule has 5 nitrogen and oxygen atoms in total. The van der Waals surface area contributed by atoms with Crippen molar-refractivity contribution in [1.29, 1.82) is 0 Å². The molecule has 0 aliphatic carbocycles. The summed E-state index contributed by atoms with van der Waals surface area (Å²) in [7, 11) is 0. The summed E-state index contributed by atoms with van der Waals surface area (Å²) in [6, 6.07) is 0. The molecule has 0 amide bonds. The molecule has 2 N–H and O–H groups in total. The van der Waals surface area contributed by atoms with E-state index in [9.17, 15) is 0 Å². The van der Waals surface area contributed by atoms with Gasteiger partial charge in [0.15, 0.2) is 0 Å². The van der Waals surface area contributed by atoms with Gasteiger partial charge in [-0.05, 0) is 34.1 Å². The highest BCUT2D eigenvalue weighted by molar-refractivity contribution is 5.06. The predicted molar refractivity (Wildman–Crippen MR) is 65.6 cm³/mol. The Labute approximate surface area is 103 Å². The average Bonchev–Trinajstić information content (AvgIpc) is 2.79. The lowest BCUT2D eigenvalue weighted by Gasteiger charge is -2.24. The molecule has 5 heteroatoms. The van der Waals surface area contributed by atoms with Crippen LogP contribution in [0.3, 0.4) is 0 Å². The Morgan fingerprint density at radius 2 is 1.94 bits per heavy atom. The highest BCUT2D eigenvalue weighted by Crippen LogP contribution is 2.29. The zero-order valence-electron chi connectivity index (χ0n) is 11.4. The molecule has 0 fully saturated rings. The molecule has 98 valence electrons. The summed E-state index contributed by atoms with van der Waals surface area (Å²) in [5, 5.41) is 4.03. The van der Waals surface area contributed by atoms with Crippen molar-refractivity contribution in [3.8, 4) is 0 Å². The van der Waals surface area contributed by atoms with Crippen LogP contribution in [-0.4, -0.2) is 23.3 Å². The molecule has 0 aliphatic heterocycles. The second kappa shape index (κ2) is 5.14. The van der Waals surface area contributed by atoms with E-state index in [2.05, 4.69) is 10.1 Å². The first kappa shape index (κ1) is 14.1. The summed E-state index contributed by atoms with van der Waals surface area (Å²) >= 11 is 0. The second-order valence-electron chi connectivity index (χ2n) is 5.03. The highest BCUT2D eigenvalue weighted by atomic mass is 16.5. The van der Waals surface area contributed by atoms with Crippen LogP contribution < -0.4 is 5.73 Å². The van der Waals surface area contributed by atoms with Gasteiger partial charge in [-0.3, -0.25) is 0 Å². The van der Waals surface area contributed by atoms with Crippen molar-refractivity contribution in [2.24, 2.45) is 5.73 Å². The molecule has 0 aromatic carbocycles. The largest absolute Gasteiger partial charge is 0.367 e. The number of ether oxygens (including phenoxy) is 1. The molecule has 0 spiro atoms. The second-order valence-corrected chi connectivity index (χ2v) is 5.03. The Morgan fingerprint density at radius 3 is 2.41 bits per heavy atom. The van der Waals surface area contributed by atoms with Gasteiger partial charge in [0.2, 0.25) is 11.7 Å². The molecular weight excluding hydrogens is 218 g/mol. The van der Waals surface area contributed by atoms with Crippen LogP contribution in [0, 0.1) is 0 Å². The van der Waals surface area contributed by atoms with Gasteiger partial charge in [-0.25, -0.2) is 0 Å². The lowest BCUT2D eigenvalue weighted by atomic mass is 9.94. The average molecular weight is 241 g/mol. The fourth-order valence-corrected chi connectivity index (χ4v) is 1.44. The fraction of sp³-hybridized carbons (Fsp3) is 0.833. The van der Waals surface area contributed by atoms with Crippen LogP contribution in [0.1, 0.15) is 52.8 Å². The summed E-state index contributed by atoms with van der Waals surface area (Å²) in [6.07, 6.45) is 0.795. The Kier molecular flexibility index (Phi) is 4.27. The molecule has 1 heterocycles. The van der Waals surface area contributed by atoms with E-state index in [1.807, 2.05) is 34.6 Å². The van der Waals surface area contributed by atoms with Crippen LogP contribution in [0.15, 0.2) is 4.52 Å². The van der Waals surface area contributed by atoms with E-state index in [4.69, 9.17) is 15.0 Å². The Hall–Kier alpha value is -0.940. The summed E-state index contributed by atoms with van der Waals surface area (Å²) < 4.78 is 11.0. The number of aromatic nitrogens is 2. The molecule has 0 radical (unpaired) electrons. The zero-order valence-corrected chi connectivity index (χ0v) is 11.4. The van der Waals surface area contributed by atoms with Gasteiger partial charge in [0.05, 0.1) is 5.41 Å². The molecule has 0 bridgehead atoms. The Bertz CT molecular complexity index is 362. The number of nitrogens with zero attached hydrogens (tertiary/aromatic N) is 2. The van der Waals surface area contributed by atoms with Crippen LogP contribution in [0.25, 0.3) is 0 Å². The normalized spacial score (nSPS) is 15.9. The molecule has 0 aliphatic rings. The smallest absolute Gasteiger partial charge is 0.233 e. The number of hydrogen-bond donors (Lipinski definition) is 1. The molecule has 0 saturated heterocycles. The molecule has 1 unspecified atom stereocenters. The van der Waals surface area contributed by atoms with Crippen LogP contribution in [0.4, 0.5) is 0 Å². The minimum atomic E-state index is -0.485.